The lowest BCUT2D eigenvalue weighted by Gasteiger charge is -2.17. The highest BCUT2D eigenvalue weighted by atomic mass is 19.1. The maximum Gasteiger partial charge on any atom is 0.115 e. The van der Waals surface area contributed by atoms with Gasteiger partial charge in [0.25, 0.3) is 0 Å². The van der Waals surface area contributed by atoms with Gasteiger partial charge in [-0.1, -0.05) is 12.1 Å². The SMILES string of the molecule is CC(F)C(CCN)c1ccc(O)cc1. The van der Waals surface area contributed by atoms with Gasteiger partial charge in [0.2, 0.25) is 0 Å². The van der Waals surface area contributed by atoms with Crippen molar-refractivity contribution in [1.82, 2.24) is 0 Å². The molecule has 0 amide bonds. The lowest BCUT2D eigenvalue weighted by atomic mass is 9.92. The summed E-state index contributed by atoms with van der Waals surface area (Å²) in [6.45, 7) is 2.01. The van der Waals surface area contributed by atoms with Crippen LogP contribution in [0.4, 0.5) is 4.39 Å². The van der Waals surface area contributed by atoms with Crippen LogP contribution < -0.4 is 5.73 Å². The van der Waals surface area contributed by atoms with Crippen molar-refractivity contribution in [2.75, 3.05) is 6.54 Å². The van der Waals surface area contributed by atoms with E-state index in [4.69, 9.17) is 10.8 Å². The fourth-order valence-corrected chi connectivity index (χ4v) is 1.56. The van der Waals surface area contributed by atoms with Gasteiger partial charge in [0.15, 0.2) is 0 Å². The van der Waals surface area contributed by atoms with Crippen LogP contribution in [0, 0.1) is 0 Å². The Morgan fingerprint density at radius 3 is 2.36 bits per heavy atom. The zero-order valence-electron chi connectivity index (χ0n) is 8.28. The minimum atomic E-state index is -0.914. The summed E-state index contributed by atoms with van der Waals surface area (Å²) in [4.78, 5) is 0. The van der Waals surface area contributed by atoms with E-state index in [0.29, 0.717) is 13.0 Å². The molecule has 1 aromatic carbocycles. The van der Waals surface area contributed by atoms with Gasteiger partial charge in [-0.25, -0.2) is 4.39 Å². The molecule has 1 aromatic rings. The number of halogens is 1. The molecule has 0 aliphatic heterocycles. The first-order chi connectivity index (χ1) is 6.65. The van der Waals surface area contributed by atoms with E-state index in [-0.39, 0.29) is 11.7 Å². The Morgan fingerprint density at radius 2 is 1.93 bits per heavy atom. The monoisotopic (exact) mass is 197 g/mol. The van der Waals surface area contributed by atoms with Crippen molar-refractivity contribution in [3.05, 3.63) is 29.8 Å². The average molecular weight is 197 g/mol. The first-order valence-electron chi connectivity index (χ1n) is 4.78. The number of rotatable bonds is 4. The number of phenols is 1. The third kappa shape index (κ3) is 2.70. The molecule has 0 aliphatic rings. The molecule has 0 saturated heterocycles. The number of nitrogens with two attached hydrogens (primary N) is 1. The number of hydrogen-bond acceptors (Lipinski definition) is 2. The molecule has 0 heterocycles. The van der Waals surface area contributed by atoms with Gasteiger partial charge >= 0.3 is 0 Å². The molecular weight excluding hydrogens is 181 g/mol. The van der Waals surface area contributed by atoms with E-state index in [1.807, 2.05) is 0 Å². The summed E-state index contributed by atoms with van der Waals surface area (Å²) in [7, 11) is 0. The van der Waals surface area contributed by atoms with Crippen LogP contribution in [-0.2, 0) is 0 Å². The smallest absolute Gasteiger partial charge is 0.115 e. The van der Waals surface area contributed by atoms with Crippen molar-refractivity contribution in [1.29, 1.82) is 0 Å². The molecule has 14 heavy (non-hydrogen) atoms. The van der Waals surface area contributed by atoms with E-state index < -0.39 is 6.17 Å². The second-order valence-corrected chi connectivity index (χ2v) is 3.45. The zero-order valence-corrected chi connectivity index (χ0v) is 8.28. The van der Waals surface area contributed by atoms with E-state index >= 15 is 0 Å². The van der Waals surface area contributed by atoms with Crippen molar-refractivity contribution < 1.29 is 9.50 Å². The van der Waals surface area contributed by atoms with Crippen LogP contribution in [0.1, 0.15) is 24.8 Å². The van der Waals surface area contributed by atoms with Crippen molar-refractivity contribution in [3.63, 3.8) is 0 Å². The summed E-state index contributed by atoms with van der Waals surface area (Å²) in [5.41, 5.74) is 6.31. The number of phenolic OH excluding ortho intramolecular Hbond substituents is 1. The molecule has 0 aromatic heterocycles. The maximum absolute atomic E-state index is 13.2. The number of alkyl halides is 1. The Hall–Kier alpha value is -1.09. The molecule has 0 spiro atoms. The van der Waals surface area contributed by atoms with E-state index in [1.54, 1.807) is 24.3 Å². The van der Waals surface area contributed by atoms with Gasteiger partial charge in [-0.2, -0.15) is 0 Å². The van der Waals surface area contributed by atoms with Gasteiger partial charge in [-0.15, -0.1) is 0 Å². The predicted molar refractivity (Wildman–Crippen MR) is 55.1 cm³/mol. The molecule has 2 unspecified atom stereocenters. The Morgan fingerprint density at radius 1 is 1.36 bits per heavy atom. The molecule has 78 valence electrons. The van der Waals surface area contributed by atoms with Crippen LogP contribution in [0.25, 0.3) is 0 Å². The van der Waals surface area contributed by atoms with Crippen LogP contribution >= 0.6 is 0 Å². The number of benzene rings is 1. The van der Waals surface area contributed by atoms with E-state index in [9.17, 15) is 4.39 Å². The lowest BCUT2D eigenvalue weighted by Crippen LogP contribution is -2.15. The Bertz CT molecular complexity index is 271. The summed E-state index contributed by atoms with van der Waals surface area (Å²) in [6, 6.07) is 6.62. The maximum atomic E-state index is 13.2. The van der Waals surface area contributed by atoms with Crippen LogP contribution in [-0.4, -0.2) is 17.8 Å². The van der Waals surface area contributed by atoms with Gasteiger partial charge in [-0.3, -0.25) is 0 Å². The molecule has 0 bridgehead atoms. The summed E-state index contributed by atoms with van der Waals surface area (Å²) < 4.78 is 13.2. The largest absolute Gasteiger partial charge is 0.508 e. The van der Waals surface area contributed by atoms with Crippen LogP contribution in [0.15, 0.2) is 24.3 Å². The summed E-state index contributed by atoms with van der Waals surface area (Å²) in [6.07, 6.45) is -0.286. The second-order valence-electron chi connectivity index (χ2n) is 3.45. The molecule has 0 fully saturated rings. The van der Waals surface area contributed by atoms with Gasteiger partial charge in [0.05, 0.1) is 0 Å². The van der Waals surface area contributed by atoms with Gasteiger partial charge in [0.1, 0.15) is 11.9 Å². The minimum absolute atomic E-state index is 0.166. The standard InChI is InChI=1S/C11H16FNO/c1-8(12)11(6-7-13)9-2-4-10(14)5-3-9/h2-5,8,11,14H,6-7,13H2,1H3. The highest BCUT2D eigenvalue weighted by Gasteiger charge is 2.17. The summed E-state index contributed by atoms with van der Waals surface area (Å²) in [5.74, 6) is 0.0346. The van der Waals surface area contributed by atoms with Gasteiger partial charge in [-0.05, 0) is 37.6 Å². The lowest BCUT2D eigenvalue weighted by molar-refractivity contribution is 0.296. The Labute approximate surface area is 83.6 Å². The topological polar surface area (TPSA) is 46.2 Å². The quantitative estimate of drug-likeness (QED) is 0.777. The van der Waals surface area contributed by atoms with Crippen molar-refractivity contribution >= 4 is 0 Å². The van der Waals surface area contributed by atoms with Crippen molar-refractivity contribution in [3.8, 4) is 5.75 Å². The number of aromatic hydroxyl groups is 1. The fourth-order valence-electron chi connectivity index (χ4n) is 1.56. The van der Waals surface area contributed by atoms with Gasteiger partial charge < -0.3 is 10.8 Å². The minimum Gasteiger partial charge on any atom is -0.508 e. The highest BCUT2D eigenvalue weighted by molar-refractivity contribution is 5.28. The van der Waals surface area contributed by atoms with Crippen molar-refractivity contribution in [2.24, 2.45) is 5.73 Å². The molecule has 3 heteroatoms. The Balaban J connectivity index is 2.82. The summed E-state index contributed by atoms with van der Waals surface area (Å²) in [5, 5.41) is 9.09. The first-order valence-corrected chi connectivity index (χ1v) is 4.78. The predicted octanol–water partition coefficient (Wildman–Crippen LogP) is 2.18. The molecule has 0 radical (unpaired) electrons. The van der Waals surface area contributed by atoms with Crippen molar-refractivity contribution in [2.45, 2.75) is 25.4 Å². The van der Waals surface area contributed by atoms with E-state index in [2.05, 4.69) is 0 Å². The average Bonchev–Trinajstić information content (AvgIpc) is 2.15. The van der Waals surface area contributed by atoms with E-state index in [0.717, 1.165) is 5.56 Å². The zero-order chi connectivity index (χ0) is 10.6. The van der Waals surface area contributed by atoms with Gasteiger partial charge in [0, 0.05) is 5.92 Å². The normalized spacial score (nSPS) is 15.1. The summed E-state index contributed by atoms with van der Waals surface area (Å²) >= 11 is 0. The molecule has 3 N–H and O–H groups in total. The second kappa shape index (κ2) is 4.96. The third-order valence-electron chi connectivity index (χ3n) is 2.35. The van der Waals surface area contributed by atoms with E-state index in [1.165, 1.54) is 6.92 Å². The van der Waals surface area contributed by atoms with Crippen LogP contribution in [0.5, 0.6) is 5.75 Å². The molecule has 2 nitrogen and oxygen atoms in total. The first kappa shape index (κ1) is 11.0. The third-order valence-corrected chi connectivity index (χ3v) is 2.35. The number of hydrogen-bond donors (Lipinski definition) is 2. The fraction of sp³-hybridized carbons (Fsp3) is 0.455. The Kier molecular flexibility index (Phi) is 3.89. The van der Waals surface area contributed by atoms with Crippen LogP contribution in [0.3, 0.4) is 0 Å². The molecular formula is C11H16FNO. The molecule has 0 aliphatic carbocycles. The molecule has 1 rings (SSSR count). The van der Waals surface area contributed by atoms with Crippen LogP contribution in [0.2, 0.25) is 0 Å². The molecule has 0 saturated carbocycles. The highest BCUT2D eigenvalue weighted by Crippen LogP contribution is 2.26. The molecule has 2 atom stereocenters.